The van der Waals surface area contributed by atoms with Crippen molar-refractivity contribution in [2.24, 2.45) is 17.8 Å². The summed E-state index contributed by atoms with van der Waals surface area (Å²) in [7, 11) is 0. The summed E-state index contributed by atoms with van der Waals surface area (Å²) in [5.41, 5.74) is -2.34. The van der Waals surface area contributed by atoms with Gasteiger partial charge in [-0.1, -0.05) is 6.92 Å². The predicted molar refractivity (Wildman–Crippen MR) is 114 cm³/mol. The van der Waals surface area contributed by atoms with Crippen molar-refractivity contribution in [2.75, 3.05) is 19.8 Å². The third-order valence-corrected chi connectivity index (χ3v) is 7.16. The van der Waals surface area contributed by atoms with Gasteiger partial charge in [-0.05, 0) is 66.2 Å². The number of carbonyl (C=O) groups excluding carboxylic acids is 3. The Balaban J connectivity index is 2.01. The number of likely N-dealkylation sites (tertiary alicyclic amines) is 1. The molecule has 3 unspecified atom stereocenters. The van der Waals surface area contributed by atoms with Crippen LogP contribution in [0.15, 0.2) is 0 Å². The molecule has 2 bridgehead atoms. The SMILES string of the molecule is CCOC(=O)[C@H]1[C@H]2C(=O)N(CCCCCO)C(C(=O)NC(C)(C)C)C23CC(C)[C@]1(C)O3. The van der Waals surface area contributed by atoms with E-state index in [1.54, 1.807) is 11.8 Å². The second-order valence-corrected chi connectivity index (χ2v) is 10.5. The van der Waals surface area contributed by atoms with E-state index in [1.807, 2.05) is 34.6 Å². The normalized spacial score (nSPS) is 36.6. The maximum atomic E-state index is 13.7. The van der Waals surface area contributed by atoms with Gasteiger partial charge in [0.1, 0.15) is 17.6 Å². The Labute approximate surface area is 185 Å². The number of rotatable bonds is 8. The number of carbonyl (C=O) groups is 3. The van der Waals surface area contributed by atoms with Crippen molar-refractivity contribution in [1.29, 1.82) is 0 Å². The highest BCUT2D eigenvalue weighted by Crippen LogP contribution is 2.65. The molecular formula is C23H38N2O6. The quantitative estimate of drug-likeness (QED) is 0.441. The van der Waals surface area contributed by atoms with Crippen molar-refractivity contribution in [3.8, 4) is 0 Å². The average Bonchev–Trinajstić information content (AvgIpc) is 3.15. The highest BCUT2D eigenvalue weighted by molar-refractivity contribution is 5.98. The summed E-state index contributed by atoms with van der Waals surface area (Å²) < 4.78 is 11.9. The van der Waals surface area contributed by atoms with Crippen LogP contribution in [-0.4, -0.2) is 70.3 Å². The van der Waals surface area contributed by atoms with Crippen molar-refractivity contribution in [3.63, 3.8) is 0 Å². The van der Waals surface area contributed by atoms with Gasteiger partial charge >= 0.3 is 5.97 Å². The van der Waals surface area contributed by atoms with Crippen LogP contribution in [0.3, 0.4) is 0 Å². The van der Waals surface area contributed by atoms with Gasteiger partial charge in [0.2, 0.25) is 11.8 Å². The molecule has 6 atom stereocenters. The molecule has 0 aromatic heterocycles. The summed E-state index contributed by atoms with van der Waals surface area (Å²) in [6.45, 7) is 12.1. The molecule has 3 aliphatic heterocycles. The lowest BCUT2D eigenvalue weighted by Crippen LogP contribution is -2.58. The molecule has 3 heterocycles. The number of unbranched alkanes of at least 4 members (excludes halogenated alkanes) is 2. The monoisotopic (exact) mass is 438 g/mol. The first-order valence-corrected chi connectivity index (χ1v) is 11.5. The van der Waals surface area contributed by atoms with Crippen molar-refractivity contribution < 1.29 is 29.0 Å². The topological polar surface area (TPSA) is 105 Å². The second kappa shape index (κ2) is 8.35. The molecule has 1 spiro atoms. The van der Waals surface area contributed by atoms with E-state index in [-0.39, 0.29) is 30.9 Å². The van der Waals surface area contributed by atoms with Gasteiger partial charge in [0.25, 0.3) is 0 Å². The lowest BCUT2D eigenvalue weighted by molar-refractivity contribution is -0.161. The Morgan fingerprint density at radius 2 is 1.97 bits per heavy atom. The molecule has 8 nitrogen and oxygen atoms in total. The van der Waals surface area contributed by atoms with Crippen molar-refractivity contribution in [2.45, 2.75) is 90.0 Å². The Hall–Kier alpha value is -1.67. The van der Waals surface area contributed by atoms with Gasteiger partial charge in [-0.15, -0.1) is 0 Å². The molecule has 3 aliphatic rings. The molecule has 176 valence electrons. The van der Waals surface area contributed by atoms with Gasteiger partial charge in [0.15, 0.2) is 0 Å². The number of nitrogens with one attached hydrogen (secondary N) is 1. The van der Waals surface area contributed by atoms with Crippen LogP contribution in [0.2, 0.25) is 0 Å². The number of fused-ring (bicyclic) bond motifs is 1. The summed E-state index contributed by atoms with van der Waals surface area (Å²) in [6.07, 6.45) is 2.62. The van der Waals surface area contributed by atoms with Gasteiger partial charge < -0.3 is 24.8 Å². The first kappa shape index (κ1) is 24.0. The zero-order valence-corrected chi connectivity index (χ0v) is 19.7. The molecule has 0 saturated carbocycles. The Morgan fingerprint density at radius 3 is 2.55 bits per heavy atom. The molecular weight excluding hydrogens is 400 g/mol. The standard InChI is InChI=1S/C23H38N2O6/c1-7-30-20(29)16-15-19(28)25(11-9-8-10-12-26)17(18(27)24-21(3,4)5)23(15)13-14(2)22(16,6)31-23/h14-17,26H,7-13H2,1-6H3,(H,24,27)/t14?,15-,16+,17?,22-,23?/m0/s1. The molecule has 3 saturated heterocycles. The van der Waals surface area contributed by atoms with Crippen LogP contribution < -0.4 is 5.32 Å². The van der Waals surface area contributed by atoms with Crippen LogP contribution in [0.1, 0.15) is 67.2 Å². The Morgan fingerprint density at radius 1 is 1.29 bits per heavy atom. The maximum absolute atomic E-state index is 13.7. The third kappa shape index (κ3) is 3.86. The fourth-order valence-electron chi connectivity index (χ4n) is 5.88. The van der Waals surface area contributed by atoms with E-state index in [0.29, 0.717) is 25.8 Å². The fourth-order valence-corrected chi connectivity index (χ4v) is 5.88. The molecule has 0 aromatic carbocycles. The van der Waals surface area contributed by atoms with Crippen molar-refractivity contribution in [1.82, 2.24) is 10.2 Å². The summed E-state index contributed by atoms with van der Waals surface area (Å²) in [5, 5.41) is 12.1. The van der Waals surface area contributed by atoms with Crippen LogP contribution >= 0.6 is 0 Å². The molecule has 2 amide bonds. The first-order valence-electron chi connectivity index (χ1n) is 11.5. The number of ether oxygens (including phenoxy) is 2. The molecule has 0 aromatic rings. The predicted octanol–water partition coefficient (Wildman–Crippen LogP) is 1.64. The smallest absolute Gasteiger partial charge is 0.312 e. The third-order valence-electron chi connectivity index (χ3n) is 7.16. The Bertz CT molecular complexity index is 734. The summed E-state index contributed by atoms with van der Waals surface area (Å²) in [4.78, 5) is 41.8. The summed E-state index contributed by atoms with van der Waals surface area (Å²) >= 11 is 0. The number of nitrogens with zero attached hydrogens (tertiary/aromatic N) is 1. The van der Waals surface area contributed by atoms with E-state index >= 15 is 0 Å². The van der Waals surface area contributed by atoms with Crippen LogP contribution in [0.5, 0.6) is 0 Å². The summed E-state index contributed by atoms with van der Waals surface area (Å²) in [5.74, 6) is -2.31. The molecule has 3 fully saturated rings. The molecule has 3 rings (SSSR count). The van der Waals surface area contributed by atoms with Crippen LogP contribution in [0, 0.1) is 17.8 Å². The van der Waals surface area contributed by atoms with Gasteiger partial charge in [-0.3, -0.25) is 14.4 Å². The number of esters is 1. The lowest BCUT2D eigenvalue weighted by Gasteiger charge is -2.36. The van der Waals surface area contributed by atoms with Crippen LogP contribution in [-0.2, 0) is 23.9 Å². The zero-order valence-electron chi connectivity index (χ0n) is 19.7. The molecule has 2 N–H and O–H groups in total. The number of amides is 2. The molecule has 0 radical (unpaired) electrons. The zero-order chi connectivity index (χ0) is 23.2. The number of hydrogen-bond donors (Lipinski definition) is 2. The number of aliphatic hydroxyl groups is 1. The average molecular weight is 439 g/mol. The van der Waals surface area contributed by atoms with Crippen molar-refractivity contribution >= 4 is 17.8 Å². The summed E-state index contributed by atoms with van der Waals surface area (Å²) in [6, 6.07) is -0.790. The maximum Gasteiger partial charge on any atom is 0.312 e. The highest BCUT2D eigenvalue weighted by atomic mass is 16.6. The minimum atomic E-state index is -1.03. The van der Waals surface area contributed by atoms with E-state index in [4.69, 9.17) is 14.6 Å². The van der Waals surface area contributed by atoms with Crippen LogP contribution in [0.4, 0.5) is 0 Å². The van der Waals surface area contributed by atoms with Gasteiger partial charge in [-0.25, -0.2) is 0 Å². The highest BCUT2D eigenvalue weighted by Gasteiger charge is 2.80. The van der Waals surface area contributed by atoms with E-state index < -0.39 is 40.6 Å². The van der Waals surface area contributed by atoms with Crippen molar-refractivity contribution in [3.05, 3.63) is 0 Å². The largest absolute Gasteiger partial charge is 0.466 e. The molecule has 0 aliphatic carbocycles. The number of aliphatic hydroxyl groups excluding tert-OH is 1. The minimum Gasteiger partial charge on any atom is -0.466 e. The van der Waals surface area contributed by atoms with Gasteiger partial charge in [-0.2, -0.15) is 0 Å². The minimum absolute atomic E-state index is 0.00484. The van der Waals surface area contributed by atoms with E-state index in [1.165, 1.54) is 0 Å². The molecule has 31 heavy (non-hydrogen) atoms. The van der Waals surface area contributed by atoms with Gasteiger partial charge in [0.05, 0.1) is 18.1 Å². The van der Waals surface area contributed by atoms with E-state index in [9.17, 15) is 14.4 Å². The first-order chi connectivity index (χ1) is 14.4. The van der Waals surface area contributed by atoms with Crippen LogP contribution in [0.25, 0.3) is 0 Å². The Kier molecular flexibility index (Phi) is 6.46. The number of hydrogen-bond acceptors (Lipinski definition) is 6. The lowest BCUT2D eigenvalue weighted by atomic mass is 9.62. The second-order valence-electron chi connectivity index (χ2n) is 10.5. The fraction of sp³-hybridized carbons (Fsp3) is 0.870. The molecule has 8 heteroatoms. The van der Waals surface area contributed by atoms with Gasteiger partial charge in [0, 0.05) is 18.7 Å². The van der Waals surface area contributed by atoms with E-state index in [0.717, 1.165) is 6.42 Å². The van der Waals surface area contributed by atoms with E-state index in [2.05, 4.69) is 5.32 Å².